The first-order valence-corrected chi connectivity index (χ1v) is 5.91. The molecule has 0 atom stereocenters. The van der Waals surface area contributed by atoms with Crippen molar-refractivity contribution in [2.75, 3.05) is 6.61 Å². The maximum absolute atomic E-state index is 11.2. The highest BCUT2D eigenvalue weighted by atomic mass is 16.5. The van der Waals surface area contributed by atoms with Crippen molar-refractivity contribution < 1.29 is 9.53 Å². The average Bonchev–Trinajstić information content (AvgIpc) is 2.36. The van der Waals surface area contributed by atoms with Crippen molar-refractivity contribution in [2.24, 2.45) is 0 Å². The molecule has 0 N–H and O–H groups in total. The number of rotatable bonds is 3. The molecule has 2 rings (SSSR count). The zero-order valence-corrected chi connectivity index (χ0v) is 10.5. The Balaban J connectivity index is 2.25. The minimum absolute atomic E-state index is 0.344. The van der Waals surface area contributed by atoms with Crippen LogP contribution in [-0.4, -0.2) is 17.6 Å². The topological polar surface area (TPSA) is 39.2 Å². The molecular formula is C15H15NO2. The zero-order valence-electron chi connectivity index (χ0n) is 10.5. The highest BCUT2D eigenvalue weighted by Gasteiger charge is 1.98. The Morgan fingerprint density at radius 3 is 2.94 bits per heavy atom. The molecule has 18 heavy (non-hydrogen) atoms. The van der Waals surface area contributed by atoms with E-state index in [-0.39, 0.29) is 5.97 Å². The van der Waals surface area contributed by atoms with E-state index in [1.54, 1.807) is 13.0 Å². The molecule has 1 aromatic heterocycles. The van der Waals surface area contributed by atoms with Crippen molar-refractivity contribution in [3.05, 3.63) is 47.7 Å². The number of pyridine rings is 1. The highest BCUT2D eigenvalue weighted by Crippen LogP contribution is 2.15. The minimum Gasteiger partial charge on any atom is -0.463 e. The number of esters is 1. The van der Waals surface area contributed by atoms with Crippen LogP contribution in [0.4, 0.5) is 0 Å². The third-order valence-corrected chi connectivity index (χ3v) is 2.54. The first-order valence-electron chi connectivity index (χ1n) is 5.91. The maximum atomic E-state index is 11.2. The first-order chi connectivity index (χ1) is 8.69. The molecule has 3 heteroatoms. The molecule has 0 spiro atoms. The Bertz CT molecular complexity index is 602. The van der Waals surface area contributed by atoms with Crippen molar-refractivity contribution in [3.63, 3.8) is 0 Å². The van der Waals surface area contributed by atoms with Gasteiger partial charge in [-0.1, -0.05) is 17.7 Å². The molecule has 0 radical (unpaired) electrons. The molecule has 1 aromatic carbocycles. The van der Waals surface area contributed by atoms with Gasteiger partial charge in [-0.05, 0) is 38.1 Å². The molecule has 3 nitrogen and oxygen atoms in total. The number of hydrogen-bond donors (Lipinski definition) is 0. The van der Waals surface area contributed by atoms with E-state index in [0.29, 0.717) is 6.61 Å². The lowest BCUT2D eigenvalue weighted by molar-refractivity contribution is -0.137. The summed E-state index contributed by atoms with van der Waals surface area (Å²) in [4.78, 5) is 15.6. The lowest BCUT2D eigenvalue weighted by Crippen LogP contribution is -1.98. The van der Waals surface area contributed by atoms with Gasteiger partial charge in [0.15, 0.2) is 0 Å². The van der Waals surface area contributed by atoms with E-state index < -0.39 is 0 Å². The molecule has 0 unspecified atom stereocenters. The lowest BCUT2D eigenvalue weighted by atomic mass is 10.1. The first kappa shape index (κ1) is 12.3. The van der Waals surface area contributed by atoms with Crippen LogP contribution < -0.4 is 0 Å². The summed E-state index contributed by atoms with van der Waals surface area (Å²) in [6.07, 6.45) is 3.06. The van der Waals surface area contributed by atoms with Gasteiger partial charge in [-0.2, -0.15) is 0 Å². The van der Waals surface area contributed by atoms with E-state index in [4.69, 9.17) is 4.74 Å². The Kier molecular flexibility index (Phi) is 3.72. The summed E-state index contributed by atoms with van der Waals surface area (Å²) in [5.74, 6) is -0.344. The van der Waals surface area contributed by atoms with Gasteiger partial charge < -0.3 is 4.74 Å². The summed E-state index contributed by atoms with van der Waals surface area (Å²) >= 11 is 0. The van der Waals surface area contributed by atoms with Crippen molar-refractivity contribution >= 4 is 22.9 Å². The fourth-order valence-corrected chi connectivity index (χ4v) is 1.70. The Morgan fingerprint density at radius 1 is 1.33 bits per heavy atom. The van der Waals surface area contributed by atoms with Crippen LogP contribution in [0.2, 0.25) is 0 Å². The van der Waals surface area contributed by atoms with Crippen molar-refractivity contribution in [1.29, 1.82) is 0 Å². The van der Waals surface area contributed by atoms with Gasteiger partial charge in [0.25, 0.3) is 0 Å². The fourth-order valence-electron chi connectivity index (χ4n) is 1.70. The molecule has 0 fully saturated rings. The number of carbonyl (C=O) groups is 1. The summed E-state index contributed by atoms with van der Waals surface area (Å²) in [6, 6.07) is 9.97. The van der Waals surface area contributed by atoms with E-state index in [1.807, 2.05) is 31.2 Å². The quantitative estimate of drug-likeness (QED) is 0.612. The second-order valence-corrected chi connectivity index (χ2v) is 4.02. The van der Waals surface area contributed by atoms with Gasteiger partial charge in [-0.15, -0.1) is 0 Å². The lowest BCUT2D eigenvalue weighted by Gasteiger charge is -2.00. The van der Waals surface area contributed by atoms with Crippen LogP contribution in [-0.2, 0) is 9.53 Å². The molecule has 0 saturated carbocycles. The fraction of sp³-hybridized carbons (Fsp3) is 0.200. The molecule has 0 aliphatic rings. The number of fused-ring (bicyclic) bond motifs is 1. The van der Waals surface area contributed by atoms with Crippen LogP contribution in [0.25, 0.3) is 17.0 Å². The smallest absolute Gasteiger partial charge is 0.330 e. The molecule has 0 aliphatic carbocycles. The minimum atomic E-state index is -0.344. The molecule has 0 aliphatic heterocycles. The van der Waals surface area contributed by atoms with Crippen molar-refractivity contribution in [3.8, 4) is 0 Å². The van der Waals surface area contributed by atoms with Crippen LogP contribution in [0.15, 0.2) is 36.4 Å². The molecule has 0 bridgehead atoms. The Hall–Kier alpha value is -2.16. The van der Waals surface area contributed by atoms with Crippen LogP contribution in [0.3, 0.4) is 0 Å². The largest absolute Gasteiger partial charge is 0.463 e. The van der Waals surface area contributed by atoms with Crippen LogP contribution in [0.1, 0.15) is 18.2 Å². The summed E-state index contributed by atoms with van der Waals surface area (Å²) in [7, 11) is 0. The van der Waals surface area contributed by atoms with Crippen molar-refractivity contribution in [1.82, 2.24) is 4.98 Å². The molecule has 0 saturated heterocycles. The highest BCUT2D eigenvalue weighted by molar-refractivity contribution is 5.87. The monoisotopic (exact) mass is 241 g/mol. The van der Waals surface area contributed by atoms with Crippen LogP contribution >= 0.6 is 0 Å². The van der Waals surface area contributed by atoms with Gasteiger partial charge in [-0.25, -0.2) is 9.78 Å². The van der Waals surface area contributed by atoms with E-state index >= 15 is 0 Å². The second kappa shape index (κ2) is 5.45. The summed E-state index contributed by atoms with van der Waals surface area (Å²) in [5.41, 5.74) is 2.88. The van der Waals surface area contributed by atoms with E-state index in [9.17, 15) is 4.79 Å². The SMILES string of the molecule is CCOC(=O)/C=C/c1ccc2cc(C)ccc2n1. The molecule has 1 heterocycles. The van der Waals surface area contributed by atoms with Gasteiger partial charge in [0.1, 0.15) is 0 Å². The zero-order chi connectivity index (χ0) is 13.0. The van der Waals surface area contributed by atoms with E-state index in [2.05, 4.69) is 11.1 Å². The van der Waals surface area contributed by atoms with E-state index in [0.717, 1.165) is 16.6 Å². The standard InChI is InChI=1S/C15H15NO2/c1-3-18-15(17)9-7-13-6-5-12-10-11(2)4-8-14(12)16-13/h4-10H,3H2,1-2H3/b9-7+. The van der Waals surface area contributed by atoms with Gasteiger partial charge in [0, 0.05) is 11.5 Å². The van der Waals surface area contributed by atoms with Crippen LogP contribution in [0, 0.1) is 6.92 Å². The third kappa shape index (κ3) is 2.94. The number of aryl methyl sites for hydroxylation is 1. The number of carbonyl (C=O) groups excluding carboxylic acids is 1. The van der Waals surface area contributed by atoms with Gasteiger partial charge in [-0.3, -0.25) is 0 Å². The number of nitrogens with zero attached hydrogens (tertiary/aromatic N) is 1. The molecule has 2 aromatic rings. The number of hydrogen-bond acceptors (Lipinski definition) is 3. The summed E-state index contributed by atoms with van der Waals surface area (Å²) in [6.45, 7) is 4.21. The van der Waals surface area contributed by atoms with Crippen molar-refractivity contribution in [2.45, 2.75) is 13.8 Å². The summed E-state index contributed by atoms with van der Waals surface area (Å²) < 4.78 is 4.81. The maximum Gasteiger partial charge on any atom is 0.330 e. The number of benzene rings is 1. The summed E-state index contributed by atoms with van der Waals surface area (Å²) in [5, 5.41) is 1.10. The second-order valence-electron chi connectivity index (χ2n) is 4.02. The number of ether oxygens (including phenoxy) is 1. The van der Waals surface area contributed by atoms with Gasteiger partial charge in [0.2, 0.25) is 0 Å². The van der Waals surface area contributed by atoms with Gasteiger partial charge >= 0.3 is 5.97 Å². The predicted octanol–water partition coefficient (Wildman–Crippen LogP) is 3.12. The number of aromatic nitrogens is 1. The third-order valence-electron chi connectivity index (χ3n) is 2.54. The van der Waals surface area contributed by atoms with Gasteiger partial charge in [0.05, 0.1) is 17.8 Å². The van der Waals surface area contributed by atoms with Crippen LogP contribution in [0.5, 0.6) is 0 Å². The molecule has 92 valence electrons. The normalized spacial score (nSPS) is 11.0. The Labute approximate surface area is 106 Å². The Morgan fingerprint density at radius 2 is 2.17 bits per heavy atom. The molecule has 0 amide bonds. The van der Waals surface area contributed by atoms with E-state index in [1.165, 1.54) is 11.6 Å². The molecular weight excluding hydrogens is 226 g/mol. The predicted molar refractivity (Wildman–Crippen MR) is 72.1 cm³/mol. The average molecular weight is 241 g/mol.